The lowest BCUT2D eigenvalue weighted by Crippen LogP contribution is -2.02. The summed E-state index contributed by atoms with van der Waals surface area (Å²) in [7, 11) is 0. The highest BCUT2D eigenvalue weighted by molar-refractivity contribution is 5.11. The predicted molar refractivity (Wildman–Crippen MR) is 48.9 cm³/mol. The number of hydrogen-bond donors (Lipinski definition) is 0. The van der Waals surface area contributed by atoms with E-state index in [0.29, 0.717) is 12.5 Å². The van der Waals surface area contributed by atoms with Gasteiger partial charge in [0.2, 0.25) is 5.88 Å². The molecule has 1 aromatic rings. The maximum atomic E-state index is 8.29. The zero-order chi connectivity index (χ0) is 10.2. The molecule has 1 heterocycles. The minimum absolute atomic E-state index is 0.0236. The summed E-state index contributed by atoms with van der Waals surface area (Å²) in [5.74, 6) is 0.354. The average molecular weight is 193 g/mol. The molecule has 14 heavy (non-hydrogen) atoms. The summed E-state index contributed by atoms with van der Waals surface area (Å²) in [6.45, 7) is 2.54. The Kier molecular flexibility index (Phi) is 4.21. The summed E-state index contributed by atoms with van der Waals surface area (Å²) >= 11 is 0. The molecule has 0 aromatic carbocycles. The largest absolute Gasteiger partial charge is 0.463 e. The van der Waals surface area contributed by atoms with Crippen molar-refractivity contribution >= 4 is 0 Å². The SMILES string of the molecule is CCCOc1nccc(OCC#N)n1. The lowest BCUT2D eigenvalue weighted by molar-refractivity contribution is 0.280. The zero-order valence-electron chi connectivity index (χ0n) is 7.93. The minimum atomic E-state index is -0.0236. The number of ether oxygens (including phenoxy) is 2. The maximum absolute atomic E-state index is 8.29. The second-order valence-corrected chi connectivity index (χ2v) is 2.47. The summed E-state index contributed by atoms with van der Waals surface area (Å²) in [6.07, 6.45) is 2.43. The summed E-state index contributed by atoms with van der Waals surface area (Å²) in [4.78, 5) is 7.83. The topological polar surface area (TPSA) is 68.0 Å². The summed E-state index contributed by atoms with van der Waals surface area (Å²) < 4.78 is 10.2. The fraction of sp³-hybridized carbons (Fsp3) is 0.444. The van der Waals surface area contributed by atoms with Gasteiger partial charge in [0.05, 0.1) is 6.61 Å². The van der Waals surface area contributed by atoms with Gasteiger partial charge in [-0.2, -0.15) is 10.2 Å². The van der Waals surface area contributed by atoms with Crippen molar-refractivity contribution in [2.24, 2.45) is 0 Å². The molecule has 5 nitrogen and oxygen atoms in total. The van der Waals surface area contributed by atoms with Crippen molar-refractivity contribution in [1.82, 2.24) is 9.97 Å². The molecule has 0 aliphatic heterocycles. The van der Waals surface area contributed by atoms with Gasteiger partial charge in [0, 0.05) is 12.3 Å². The lowest BCUT2D eigenvalue weighted by Gasteiger charge is -2.03. The smallest absolute Gasteiger partial charge is 0.319 e. The van der Waals surface area contributed by atoms with Gasteiger partial charge < -0.3 is 9.47 Å². The van der Waals surface area contributed by atoms with Crippen LogP contribution in [0.1, 0.15) is 13.3 Å². The van der Waals surface area contributed by atoms with Gasteiger partial charge in [-0.25, -0.2) is 4.98 Å². The van der Waals surface area contributed by atoms with Gasteiger partial charge in [0.15, 0.2) is 6.61 Å². The number of hydrogen-bond acceptors (Lipinski definition) is 5. The Labute approximate surface area is 82.3 Å². The van der Waals surface area contributed by atoms with Crippen LogP contribution in [0.25, 0.3) is 0 Å². The first kappa shape index (κ1) is 10.3. The molecule has 0 amide bonds. The Morgan fingerprint density at radius 2 is 2.36 bits per heavy atom. The van der Waals surface area contributed by atoms with Crippen molar-refractivity contribution in [3.05, 3.63) is 12.3 Å². The van der Waals surface area contributed by atoms with E-state index in [1.165, 1.54) is 6.20 Å². The van der Waals surface area contributed by atoms with E-state index in [9.17, 15) is 0 Å². The van der Waals surface area contributed by atoms with E-state index in [0.717, 1.165) is 6.42 Å². The molecule has 0 saturated carbocycles. The fourth-order valence-corrected chi connectivity index (χ4v) is 0.775. The Balaban J connectivity index is 2.55. The molecule has 0 unspecified atom stereocenters. The second-order valence-electron chi connectivity index (χ2n) is 2.47. The van der Waals surface area contributed by atoms with Gasteiger partial charge in [-0.15, -0.1) is 0 Å². The van der Waals surface area contributed by atoms with Crippen LogP contribution >= 0.6 is 0 Å². The third kappa shape index (κ3) is 3.27. The molecule has 1 aromatic heterocycles. The fourth-order valence-electron chi connectivity index (χ4n) is 0.775. The molecule has 74 valence electrons. The summed E-state index contributed by atoms with van der Waals surface area (Å²) in [6, 6.07) is 3.71. The highest BCUT2D eigenvalue weighted by Crippen LogP contribution is 2.09. The van der Waals surface area contributed by atoms with E-state index in [1.54, 1.807) is 6.07 Å². The van der Waals surface area contributed by atoms with Crippen LogP contribution in [0.3, 0.4) is 0 Å². The molecule has 0 bridgehead atoms. The number of rotatable bonds is 5. The van der Waals surface area contributed by atoms with Gasteiger partial charge >= 0.3 is 6.01 Å². The Bertz CT molecular complexity index is 322. The van der Waals surface area contributed by atoms with E-state index in [-0.39, 0.29) is 12.6 Å². The monoisotopic (exact) mass is 193 g/mol. The molecule has 0 radical (unpaired) electrons. The molecule has 0 spiro atoms. The molecule has 0 fully saturated rings. The van der Waals surface area contributed by atoms with Crippen LogP contribution in [-0.2, 0) is 0 Å². The van der Waals surface area contributed by atoms with Gasteiger partial charge in [0.1, 0.15) is 6.07 Å². The van der Waals surface area contributed by atoms with Crippen LogP contribution in [0.4, 0.5) is 0 Å². The molecule has 0 N–H and O–H groups in total. The van der Waals surface area contributed by atoms with Crippen molar-refractivity contribution in [2.75, 3.05) is 13.2 Å². The first-order chi connectivity index (χ1) is 6.86. The third-order valence-electron chi connectivity index (χ3n) is 1.33. The van der Waals surface area contributed by atoms with Crippen LogP contribution in [0, 0.1) is 11.3 Å². The Hall–Kier alpha value is -1.83. The average Bonchev–Trinajstić information content (AvgIpc) is 2.24. The summed E-state index contributed by atoms with van der Waals surface area (Å²) in [5, 5.41) is 8.29. The van der Waals surface area contributed by atoms with Gasteiger partial charge in [-0.1, -0.05) is 6.92 Å². The van der Waals surface area contributed by atoms with Gasteiger partial charge in [-0.05, 0) is 6.42 Å². The zero-order valence-corrected chi connectivity index (χ0v) is 7.93. The Morgan fingerprint density at radius 1 is 1.50 bits per heavy atom. The molecule has 0 aliphatic carbocycles. The normalized spacial score (nSPS) is 9.14. The van der Waals surface area contributed by atoms with Gasteiger partial charge in [0.25, 0.3) is 0 Å². The maximum Gasteiger partial charge on any atom is 0.319 e. The third-order valence-corrected chi connectivity index (χ3v) is 1.33. The number of nitrogens with zero attached hydrogens (tertiary/aromatic N) is 3. The van der Waals surface area contributed by atoms with Crippen molar-refractivity contribution in [3.63, 3.8) is 0 Å². The highest BCUT2D eigenvalue weighted by atomic mass is 16.5. The Morgan fingerprint density at radius 3 is 3.07 bits per heavy atom. The first-order valence-electron chi connectivity index (χ1n) is 4.32. The lowest BCUT2D eigenvalue weighted by atomic mass is 10.5. The molecule has 0 saturated heterocycles. The molecule has 0 atom stereocenters. The van der Waals surface area contributed by atoms with Crippen molar-refractivity contribution in [1.29, 1.82) is 5.26 Å². The minimum Gasteiger partial charge on any atom is -0.463 e. The van der Waals surface area contributed by atoms with Crippen LogP contribution in [0.2, 0.25) is 0 Å². The number of nitriles is 1. The van der Waals surface area contributed by atoms with Crippen LogP contribution in [0.15, 0.2) is 12.3 Å². The van der Waals surface area contributed by atoms with Crippen LogP contribution in [0.5, 0.6) is 11.9 Å². The van der Waals surface area contributed by atoms with E-state index in [4.69, 9.17) is 14.7 Å². The molecule has 0 aliphatic rings. The summed E-state index contributed by atoms with van der Waals surface area (Å²) in [5.41, 5.74) is 0. The molecular formula is C9H11N3O2. The molecule has 1 rings (SSSR count). The van der Waals surface area contributed by atoms with Crippen molar-refractivity contribution < 1.29 is 9.47 Å². The first-order valence-corrected chi connectivity index (χ1v) is 4.32. The highest BCUT2D eigenvalue weighted by Gasteiger charge is 1.99. The molecule has 5 heteroatoms. The van der Waals surface area contributed by atoms with Crippen molar-refractivity contribution in [2.45, 2.75) is 13.3 Å². The standard InChI is InChI=1S/C9H11N3O2/c1-2-6-14-9-11-5-3-8(12-9)13-7-4-10/h3,5H,2,6-7H2,1H3. The number of aromatic nitrogens is 2. The second kappa shape index (κ2) is 5.75. The van der Waals surface area contributed by atoms with Crippen LogP contribution in [-0.4, -0.2) is 23.2 Å². The van der Waals surface area contributed by atoms with E-state index >= 15 is 0 Å². The quantitative estimate of drug-likeness (QED) is 0.702. The van der Waals surface area contributed by atoms with Crippen LogP contribution < -0.4 is 9.47 Å². The predicted octanol–water partition coefficient (Wildman–Crippen LogP) is 1.17. The van der Waals surface area contributed by atoms with E-state index < -0.39 is 0 Å². The van der Waals surface area contributed by atoms with Crippen molar-refractivity contribution in [3.8, 4) is 18.0 Å². The molecular weight excluding hydrogens is 182 g/mol. The van der Waals surface area contributed by atoms with E-state index in [1.807, 2.05) is 13.0 Å². The van der Waals surface area contributed by atoms with Gasteiger partial charge in [-0.3, -0.25) is 0 Å². The van der Waals surface area contributed by atoms with E-state index in [2.05, 4.69) is 9.97 Å².